The van der Waals surface area contributed by atoms with Crippen LogP contribution in [0.4, 0.5) is 10.1 Å². The molecule has 0 unspecified atom stereocenters. The van der Waals surface area contributed by atoms with Gasteiger partial charge in [0.25, 0.3) is 11.6 Å². The molecule has 1 aromatic rings. The van der Waals surface area contributed by atoms with Crippen molar-refractivity contribution < 1.29 is 14.1 Å². The van der Waals surface area contributed by atoms with E-state index in [4.69, 9.17) is 0 Å². The maximum atomic E-state index is 13.9. The summed E-state index contributed by atoms with van der Waals surface area (Å²) in [7, 11) is 0. The number of rotatable bonds is 4. The summed E-state index contributed by atoms with van der Waals surface area (Å²) in [5, 5.41) is 13.3. The highest BCUT2D eigenvalue weighted by Gasteiger charge is 2.20. The van der Waals surface area contributed by atoms with Crippen molar-refractivity contribution in [1.82, 2.24) is 5.32 Å². The molecule has 0 atom stereocenters. The van der Waals surface area contributed by atoms with Crippen molar-refractivity contribution in [3.63, 3.8) is 0 Å². The van der Waals surface area contributed by atoms with E-state index in [0.717, 1.165) is 18.6 Å². The molecular weight excluding hydrogens is 263 g/mol. The fourth-order valence-electron chi connectivity index (χ4n) is 1.67. The summed E-state index contributed by atoms with van der Waals surface area (Å²) in [5.41, 5.74) is -0.444. The van der Waals surface area contributed by atoms with Crippen molar-refractivity contribution in [2.75, 3.05) is 6.54 Å². The number of carbonyl (C=O) groups is 1. The number of amides is 1. The Morgan fingerprint density at radius 2 is 2.00 bits per heavy atom. The number of nitro groups is 1. The standard InChI is InChI=1S/C14H19FN2O3/c1-9-7-10(17(19)20)8-11(12(9)15)13(18)16-6-5-14(2,3)4/h7-8H,5-6H2,1-4H3,(H,16,18). The van der Waals surface area contributed by atoms with Crippen LogP contribution in [0, 0.1) is 28.3 Å². The average molecular weight is 282 g/mol. The molecule has 0 bridgehead atoms. The molecule has 20 heavy (non-hydrogen) atoms. The Hall–Kier alpha value is -1.98. The van der Waals surface area contributed by atoms with Gasteiger partial charge in [-0.05, 0) is 24.3 Å². The molecule has 0 aliphatic heterocycles. The van der Waals surface area contributed by atoms with Gasteiger partial charge >= 0.3 is 0 Å². The van der Waals surface area contributed by atoms with E-state index >= 15 is 0 Å². The number of non-ortho nitro benzene ring substituents is 1. The summed E-state index contributed by atoms with van der Waals surface area (Å²) in [6, 6.07) is 2.08. The van der Waals surface area contributed by atoms with Gasteiger partial charge in [0, 0.05) is 18.7 Å². The first-order valence-electron chi connectivity index (χ1n) is 6.34. The van der Waals surface area contributed by atoms with Crippen LogP contribution in [0.25, 0.3) is 0 Å². The summed E-state index contributed by atoms with van der Waals surface area (Å²) in [6.07, 6.45) is 0.730. The van der Waals surface area contributed by atoms with Crippen LogP contribution in [-0.4, -0.2) is 17.4 Å². The van der Waals surface area contributed by atoms with E-state index < -0.39 is 16.6 Å². The Kier molecular flexibility index (Phi) is 4.81. The molecule has 0 aliphatic carbocycles. The molecule has 5 nitrogen and oxygen atoms in total. The summed E-state index contributed by atoms with van der Waals surface area (Å²) < 4.78 is 13.9. The maximum absolute atomic E-state index is 13.9. The van der Waals surface area contributed by atoms with Crippen LogP contribution in [0.5, 0.6) is 0 Å². The fraction of sp³-hybridized carbons (Fsp3) is 0.500. The quantitative estimate of drug-likeness (QED) is 0.680. The normalized spacial score (nSPS) is 11.2. The lowest BCUT2D eigenvalue weighted by molar-refractivity contribution is -0.385. The van der Waals surface area contributed by atoms with Crippen molar-refractivity contribution in [2.24, 2.45) is 5.41 Å². The molecule has 1 N–H and O–H groups in total. The van der Waals surface area contributed by atoms with E-state index in [1.807, 2.05) is 20.8 Å². The van der Waals surface area contributed by atoms with Crippen molar-refractivity contribution in [3.05, 3.63) is 39.2 Å². The highest BCUT2D eigenvalue weighted by Crippen LogP contribution is 2.21. The Morgan fingerprint density at radius 3 is 2.50 bits per heavy atom. The van der Waals surface area contributed by atoms with E-state index in [1.165, 1.54) is 6.92 Å². The number of nitrogens with zero attached hydrogens (tertiary/aromatic N) is 1. The van der Waals surface area contributed by atoms with Gasteiger partial charge in [0.1, 0.15) is 5.82 Å². The molecule has 0 aromatic heterocycles. The fourth-order valence-corrected chi connectivity index (χ4v) is 1.67. The van der Waals surface area contributed by atoms with Gasteiger partial charge in [-0.3, -0.25) is 14.9 Å². The van der Waals surface area contributed by atoms with E-state index in [-0.39, 0.29) is 22.2 Å². The zero-order chi connectivity index (χ0) is 15.5. The third kappa shape index (κ3) is 4.29. The number of hydrogen-bond donors (Lipinski definition) is 1. The van der Waals surface area contributed by atoms with Gasteiger partial charge in [0.05, 0.1) is 10.5 Å². The van der Waals surface area contributed by atoms with Crippen molar-refractivity contribution >= 4 is 11.6 Å². The van der Waals surface area contributed by atoms with Crippen LogP contribution in [0.3, 0.4) is 0 Å². The van der Waals surface area contributed by atoms with Gasteiger partial charge in [-0.1, -0.05) is 20.8 Å². The second-order valence-corrected chi connectivity index (χ2v) is 5.95. The molecular formula is C14H19FN2O3. The minimum Gasteiger partial charge on any atom is -0.352 e. The zero-order valence-electron chi connectivity index (χ0n) is 12.1. The van der Waals surface area contributed by atoms with Gasteiger partial charge in [-0.2, -0.15) is 0 Å². The third-order valence-corrected chi connectivity index (χ3v) is 2.86. The second-order valence-electron chi connectivity index (χ2n) is 5.95. The summed E-state index contributed by atoms with van der Waals surface area (Å²) in [5.74, 6) is -1.34. The molecule has 1 aromatic carbocycles. The number of carbonyl (C=O) groups excluding carboxylic acids is 1. The SMILES string of the molecule is Cc1cc([N+](=O)[O-])cc(C(=O)NCCC(C)(C)C)c1F. The number of halogens is 1. The summed E-state index contributed by atoms with van der Waals surface area (Å²) in [4.78, 5) is 22.0. The number of aryl methyl sites for hydroxylation is 1. The van der Waals surface area contributed by atoms with Crippen LogP contribution < -0.4 is 5.32 Å². The lowest BCUT2D eigenvalue weighted by atomic mass is 9.92. The van der Waals surface area contributed by atoms with Gasteiger partial charge in [-0.15, -0.1) is 0 Å². The monoisotopic (exact) mass is 282 g/mol. The van der Waals surface area contributed by atoms with Gasteiger partial charge in [0.15, 0.2) is 0 Å². The van der Waals surface area contributed by atoms with Crippen LogP contribution in [0.2, 0.25) is 0 Å². The largest absolute Gasteiger partial charge is 0.352 e. The molecule has 0 fully saturated rings. The van der Waals surface area contributed by atoms with Gasteiger partial charge in [0.2, 0.25) is 0 Å². The molecule has 1 amide bonds. The Bertz CT molecular complexity index is 536. The van der Waals surface area contributed by atoms with E-state index in [1.54, 1.807) is 0 Å². The van der Waals surface area contributed by atoms with Gasteiger partial charge < -0.3 is 5.32 Å². The van der Waals surface area contributed by atoms with E-state index in [2.05, 4.69) is 5.32 Å². The minimum atomic E-state index is -0.719. The minimum absolute atomic E-state index is 0.0461. The van der Waals surface area contributed by atoms with Gasteiger partial charge in [-0.25, -0.2) is 4.39 Å². The topological polar surface area (TPSA) is 72.2 Å². The number of hydrogen-bond acceptors (Lipinski definition) is 3. The lowest BCUT2D eigenvalue weighted by Crippen LogP contribution is -2.28. The predicted molar refractivity (Wildman–Crippen MR) is 74.2 cm³/mol. The Labute approximate surface area is 117 Å². The molecule has 0 radical (unpaired) electrons. The number of benzene rings is 1. The van der Waals surface area contributed by atoms with Crippen molar-refractivity contribution in [1.29, 1.82) is 0 Å². The number of nitro benzene ring substituents is 1. The molecule has 0 saturated heterocycles. The lowest BCUT2D eigenvalue weighted by Gasteiger charge is -2.18. The Balaban J connectivity index is 2.90. The zero-order valence-corrected chi connectivity index (χ0v) is 12.1. The highest BCUT2D eigenvalue weighted by atomic mass is 19.1. The first kappa shape index (κ1) is 16.1. The van der Waals surface area contributed by atoms with Crippen molar-refractivity contribution in [3.8, 4) is 0 Å². The smallest absolute Gasteiger partial charge is 0.270 e. The molecule has 0 heterocycles. The van der Waals surface area contributed by atoms with Crippen LogP contribution >= 0.6 is 0 Å². The highest BCUT2D eigenvalue weighted by molar-refractivity contribution is 5.95. The predicted octanol–water partition coefficient (Wildman–Crippen LogP) is 3.21. The first-order chi connectivity index (χ1) is 9.11. The Morgan fingerprint density at radius 1 is 1.40 bits per heavy atom. The van der Waals surface area contributed by atoms with Crippen molar-refractivity contribution in [2.45, 2.75) is 34.1 Å². The first-order valence-corrected chi connectivity index (χ1v) is 6.34. The molecule has 0 saturated carbocycles. The summed E-state index contributed by atoms with van der Waals surface area (Å²) >= 11 is 0. The van der Waals surface area contributed by atoms with Crippen LogP contribution in [-0.2, 0) is 0 Å². The molecule has 0 aliphatic rings. The molecule has 1 rings (SSSR count). The molecule has 0 spiro atoms. The van der Waals surface area contributed by atoms with Crippen LogP contribution in [0.1, 0.15) is 43.1 Å². The maximum Gasteiger partial charge on any atom is 0.270 e. The van der Waals surface area contributed by atoms with Crippen LogP contribution in [0.15, 0.2) is 12.1 Å². The average Bonchev–Trinajstić information content (AvgIpc) is 2.30. The van der Waals surface area contributed by atoms with E-state index in [9.17, 15) is 19.3 Å². The van der Waals surface area contributed by atoms with E-state index in [0.29, 0.717) is 6.54 Å². The third-order valence-electron chi connectivity index (χ3n) is 2.86. The number of nitrogens with one attached hydrogen (secondary N) is 1. The molecule has 110 valence electrons. The molecule has 6 heteroatoms. The second kappa shape index (κ2) is 5.98. The summed E-state index contributed by atoms with van der Waals surface area (Å²) in [6.45, 7) is 7.86.